The summed E-state index contributed by atoms with van der Waals surface area (Å²) in [5, 5.41) is 0. The average molecular weight is 559 g/mol. The number of fused-ring (bicyclic) bond motifs is 5. The Morgan fingerprint density at radius 1 is 0.875 bits per heavy atom. The minimum Gasteiger partial charge on any atom is -0.497 e. The maximum Gasteiger partial charge on any atom is 0.319 e. The number of rotatable bonds is 12. The molecule has 1 aromatic rings. The van der Waals surface area contributed by atoms with Crippen LogP contribution in [-0.2, 0) is 35.0 Å². The van der Waals surface area contributed by atoms with Crippen LogP contribution in [0.5, 0.6) is 5.75 Å². The largest absolute Gasteiger partial charge is 0.497 e. The van der Waals surface area contributed by atoms with Gasteiger partial charge in [0.15, 0.2) is 0 Å². The van der Waals surface area contributed by atoms with E-state index in [0.29, 0.717) is 37.3 Å². The van der Waals surface area contributed by atoms with Crippen molar-refractivity contribution < 1.29 is 33.3 Å². The third-order valence-electron chi connectivity index (χ3n) is 9.96. The number of carbonyl (C=O) groups is 3. The van der Waals surface area contributed by atoms with E-state index in [1.54, 1.807) is 12.0 Å². The number of hydrogen-bond donors (Lipinski definition) is 0. The van der Waals surface area contributed by atoms with Crippen LogP contribution in [0.1, 0.15) is 62.5 Å². The summed E-state index contributed by atoms with van der Waals surface area (Å²) in [7, 11) is 5.84. The van der Waals surface area contributed by atoms with E-state index < -0.39 is 11.9 Å². The van der Waals surface area contributed by atoms with Crippen LogP contribution in [-0.4, -0.2) is 94.9 Å². The van der Waals surface area contributed by atoms with Gasteiger partial charge >= 0.3 is 17.9 Å². The normalized spacial score (nSPS) is 27.0. The van der Waals surface area contributed by atoms with Gasteiger partial charge in [-0.25, -0.2) is 0 Å². The summed E-state index contributed by atoms with van der Waals surface area (Å²) in [6.07, 6.45) is 7.50. The number of hydrogen-bond acceptors (Lipinski definition) is 9. The second-order valence-corrected chi connectivity index (χ2v) is 11.9. The predicted octanol–water partition coefficient (Wildman–Crippen LogP) is 3.43. The van der Waals surface area contributed by atoms with Gasteiger partial charge in [0.1, 0.15) is 5.75 Å². The Kier molecular flexibility index (Phi) is 10.1. The van der Waals surface area contributed by atoms with Crippen LogP contribution in [0.15, 0.2) is 18.2 Å². The van der Waals surface area contributed by atoms with Crippen LogP contribution in [0.2, 0.25) is 0 Å². The van der Waals surface area contributed by atoms with Crippen molar-refractivity contribution in [2.24, 2.45) is 17.3 Å². The molecule has 0 saturated heterocycles. The maximum atomic E-state index is 12.5. The molecule has 2 saturated carbocycles. The number of aryl methyl sites for hydroxylation is 1. The minimum atomic E-state index is -0.397. The molecule has 0 radical (unpaired) electrons. The molecule has 40 heavy (non-hydrogen) atoms. The topological polar surface area (TPSA) is 94.6 Å². The smallest absolute Gasteiger partial charge is 0.319 e. The standard InChI is InChI=1S/C31H46N2O7/c1-31-14-13-24-23-10-8-22(37-2)17-21(23)7-9-25(24)26(31)11-12-27(31)33(20-30(36)40-5)16-6-15-32(18-28(34)38-3)19-29(35)39-4/h8,10,17,24-27H,6-7,9,11-16,18-20H2,1-5H3/t24-,25-,26+,27?,31+/m1/s1. The van der Waals surface area contributed by atoms with Crippen molar-refractivity contribution in [3.63, 3.8) is 0 Å². The second-order valence-electron chi connectivity index (χ2n) is 11.9. The zero-order chi connectivity index (χ0) is 28.9. The monoisotopic (exact) mass is 558 g/mol. The van der Waals surface area contributed by atoms with Gasteiger partial charge in [-0.05, 0) is 91.4 Å². The Morgan fingerprint density at radius 2 is 1.55 bits per heavy atom. The Balaban J connectivity index is 1.47. The second kappa shape index (κ2) is 13.3. The van der Waals surface area contributed by atoms with Crippen LogP contribution >= 0.6 is 0 Å². The number of methoxy groups -OCH3 is 4. The lowest BCUT2D eigenvalue weighted by atomic mass is 9.55. The quantitative estimate of drug-likeness (QED) is 0.282. The van der Waals surface area contributed by atoms with Crippen molar-refractivity contribution in [1.29, 1.82) is 0 Å². The Morgan fingerprint density at radius 3 is 2.20 bits per heavy atom. The summed E-state index contributed by atoms with van der Waals surface area (Å²) in [5.41, 5.74) is 3.07. The zero-order valence-corrected chi connectivity index (χ0v) is 24.8. The zero-order valence-electron chi connectivity index (χ0n) is 24.8. The molecule has 5 atom stereocenters. The lowest BCUT2D eigenvalue weighted by molar-refractivity contribution is -0.145. The molecule has 0 bridgehead atoms. The van der Waals surface area contributed by atoms with Crippen LogP contribution < -0.4 is 4.74 Å². The van der Waals surface area contributed by atoms with Crippen molar-refractivity contribution in [2.75, 3.05) is 61.2 Å². The summed E-state index contributed by atoms with van der Waals surface area (Å²) in [5.74, 6) is 1.76. The number of esters is 3. The van der Waals surface area contributed by atoms with Crippen LogP contribution in [0.3, 0.4) is 0 Å². The van der Waals surface area contributed by atoms with E-state index in [0.717, 1.165) is 31.4 Å². The first kappa shape index (κ1) is 30.3. The molecule has 0 spiro atoms. The highest BCUT2D eigenvalue weighted by atomic mass is 16.5. The van der Waals surface area contributed by atoms with Crippen LogP contribution in [0.4, 0.5) is 0 Å². The fourth-order valence-electron chi connectivity index (χ4n) is 8.04. The molecule has 2 fully saturated rings. The third kappa shape index (κ3) is 6.46. The van der Waals surface area contributed by atoms with E-state index in [1.165, 1.54) is 45.3 Å². The summed E-state index contributed by atoms with van der Waals surface area (Å²) >= 11 is 0. The molecule has 9 nitrogen and oxygen atoms in total. The van der Waals surface area contributed by atoms with Gasteiger partial charge in [-0.3, -0.25) is 24.2 Å². The van der Waals surface area contributed by atoms with Crippen molar-refractivity contribution in [3.05, 3.63) is 29.3 Å². The highest BCUT2D eigenvalue weighted by Gasteiger charge is 2.56. The molecule has 1 unspecified atom stereocenters. The van der Waals surface area contributed by atoms with Gasteiger partial charge in [-0.1, -0.05) is 13.0 Å². The van der Waals surface area contributed by atoms with Gasteiger partial charge in [-0.15, -0.1) is 0 Å². The van der Waals surface area contributed by atoms with Crippen LogP contribution in [0.25, 0.3) is 0 Å². The van der Waals surface area contributed by atoms with Crippen LogP contribution in [0, 0.1) is 17.3 Å². The number of carbonyl (C=O) groups excluding carboxylic acids is 3. The van der Waals surface area contributed by atoms with Crippen molar-refractivity contribution >= 4 is 17.9 Å². The maximum absolute atomic E-state index is 12.5. The van der Waals surface area contributed by atoms with E-state index in [4.69, 9.17) is 18.9 Å². The average Bonchev–Trinajstić information content (AvgIpc) is 3.32. The van der Waals surface area contributed by atoms with Gasteiger partial charge < -0.3 is 18.9 Å². The summed E-state index contributed by atoms with van der Waals surface area (Å²) in [6, 6.07) is 6.90. The molecule has 0 heterocycles. The molecule has 1 aromatic carbocycles. The lowest BCUT2D eigenvalue weighted by Crippen LogP contribution is -2.52. The molecule has 0 aliphatic heterocycles. The molecule has 4 rings (SSSR count). The predicted molar refractivity (Wildman–Crippen MR) is 150 cm³/mol. The third-order valence-corrected chi connectivity index (χ3v) is 9.96. The van der Waals surface area contributed by atoms with E-state index in [-0.39, 0.29) is 37.1 Å². The molecule has 0 aromatic heterocycles. The van der Waals surface area contributed by atoms with E-state index >= 15 is 0 Å². The molecular weight excluding hydrogens is 512 g/mol. The molecule has 3 aliphatic carbocycles. The van der Waals surface area contributed by atoms with E-state index in [9.17, 15) is 14.4 Å². The van der Waals surface area contributed by atoms with Gasteiger partial charge in [-0.2, -0.15) is 0 Å². The fraction of sp³-hybridized carbons (Fsp3) is 0.710. The SMILES string of the molecule is COC(=O)CN(CCCN(CC(=O)OC)C1CC[C@H]2[C@@H]3CCc4cc(OC)ccc4[C@H]3CC[C@]12C)CC(=O)OC. The molecule has 0 N–H and O–H groups in total. The van der Waals surface area contributed by atoms with Gasteiger partial charge in [0.2, 0.25) is 0 Å². The lowest BCUT2D eigenvalue weighted by Gasteiger charge is -2.52. The first-order valence-electron chi connectivity index (χ1n) is 14.6. The Bertz CT molecular complexity index is 1040. The first-order chi connectivity index (χ1) is 19.2. The summed E-state index contributed by atoms with van der Waals surface area (Å²) in [4.78, 5) is 40.4. The van der Waals surface area contributed by atoms with Crippen molar-refractivity contribution in [2.45, 2.75) is 63.8 Å². The molecule has 9 heteroatoms. The summed E-state index contributed by atoms with van der Waals surface area (Å²) < 4.78 is 20.2. The molecule has 222 valence electrons. The highest BCUT2D eigenvalue weighted by Crippen LogP contribution is 2.62. The first-order valence-corrected chi connectivity index (χ1v) is 14.6. The van der Waals surface area contributed by atoms with Crippen molar-refractivity contribution in [1.82, 2.24) is 9.80 Å². The number of ether oxygens (including phenoxy) is 4. The van der Waals surface area contributed by atoms with Crippen molar-refractivity contribution in [3.8, 4) is 5.75 Å². The highest BCUT2D eigenvalue weighted by molar-refractivity contribution is 5.74. The number of benzene rings is 1. The van der Waals surface area contributed by atoms with E-state index in [2.05, 4.69) is 30.0 Å². The molecule has 3 aliphatic rings. The van der Waals surface area contributed by atoms with Gasteiger partial charge in [0, 0.05) is 19.1 Å². The minimum absolute atomic E-state index is 0.0161. The number of nitrogens with zero attached hydrogens (tertiary/aromatic N) is 2. The van der Waals surface area contributed by atoms with Gasteiger partial charge in [0.05, 0.1) is 48.1 Å². The Labute approximate surface area is 238 Å². The van der Waals surface area contributed by atoms with E-state index in [1.807, 2.05) is 0 Å². The summed E-state index contributed by atoms with van der Waals surface area (Å²) in [6.45, 7) is 3.91. The fourth-order valence-corrected chi connectivity index (χ4v) is 8.04. The molecular formula is C31H46N2O7. The van der Waals surface area contributed by atoms with Gasteiger partial charge in [0.25, 0.3) is 0 Å². The molecule has 0 amide bonds. The Hall–Kier alpha value is -2.65.